The van der Waals surface area contributed by atoms with Crippen LogP contribution in [-0.4, -0.2) is 8.42 Å². The van der Waals surface area contributed by atoms with Crippen LogP contribution >= 0.6 is 0 Å². The second-order valence-electron chi connectivity index (χ2n) is 5.47. The van der Waals surface area contributed by atoms with E-state index in [4.69, 9.17) is 5.14 Å². The minimum atomic E-state index is -3.69. The predicted octanol–water partition coefficient (Wildman–Crippen LogP) is 2.25. The molecule has 0 radical (unpaired) electrons. The number of fused-ring (bicyclic) bond motifs is 1. The Bertz CT molecular complexity index is 806. The van der Waals surface area contributed by atoms with Crippen LogP contribution in [-0.2, 0) is 23.0 Å². The number of primary sulfonamides is 1. The minimum Gasteiger partial charge on any atom is -0.306 e. The molecule has 6 heteroatoms. The molecular weight excluding hydrogens is 303 g/mol. The summed E-state index contributed by atoms with van der Waals surface area (Å²) in [6.45, 7) is 0.504. The summed E-state index contributed by atoms with van der Waals surface area (Å²) in [6.07, 6.45) is 1.56. The fraction of sp³-hybridized carbons (Fsp3) is 0.250. The maximum Gasteiger partial charge on any atom is 0.238 e. The summed E-state index contributed by atoms with van der Waals surface area (Å²) < 4.78 is 36.4. The molecule has 2 aromatic carbocycles. The van der Waals surface area contributed by atoms with Gasteiger partial charge >= 0.3 is 0 Å². The molecule has 116 valence electrons. The van der Waals surface area contributed by atoms with Crippen molar-refractivity contribution < 1.29 is 12.8 Å². The second kappa shape index (κ2) is 5.79. The quantitative estimate of drug-likeness (QED) is 0.907. The highest BCUT2D eigenvalue weighted by atomic mass is 32.2. The van der Waals surface area contributed by atoms with Gasteiger partial charge in [0.05, 0.1) is 4.90 Å². The molecule has 0 fully saturated rings. The molecule has 0 bridgehead atoms. The van der Waals surface area contributed by atoms with Crippen molar-refractivity contribution in [2.45, 2.75) is 30.3 Å². The van der Waals surface area contributed by atoms with Gasteiger partial charge < -0.3 is 5.32 Å². The van der Waals surface area contributed by atoms with E-state index in [9.17, 15) is 12.8 Å². The van der Waals surface area contributed by atoms with Gasteiger partial charge in [0.15, 0.2) is 0 Å². The molecule has 0 saturated carbocycles. The topological polar surface area (TPSA) is 72.2 Å². The van der Waals surface area contributed by atoms with Gasteiger partial charge in [0.1, 0.15) is 5.82 Å². The number of hydrogen-bond acceptors (Lipinski definition) is 3. The zero-order valence-electron chi connectivity index (χ0n) is 11.9. The molecule has 0 heterocycles. The third kappa shape index (κ3) is 3.04. The van der Waals surface area contributed by atoms with Crippen molar-refractivity contribution in [1.29, 1.82) is 0 Å². The van der Waals surface area contributed by atoms with Crippen molar-refractivity contribution >= 4 is 10.0 Å². The number of sulfonamides is 1. The average Bonchev–Trinajstić information content (AvgIpc) is 2.89. The van der Waals surface area contributed by atoms with Gasteiger partial charge in [-0.15, -0.1) is 0 Å². The smallest absolute Gasteiger partial charge is 0.238 e. The molecule has 0 aromatic heterocycles. The van der Waals surface area contributed by atoms with Crippen molar-refractivity contribution in [1.82, 2.24) is 5.32 Å². The molecule has 0 spiro atoms. The Morgan fingerprint density at radius 2 is 2.00 bits per heavy atom. The molecule has 1 aliphatic rings. The molecule has 3 rings (SSSR count). The minimum absolute atomic E-state index is 0.0869. The van der Waals surface area contributed by atoms with E-state index in [1.165, 1.54) is 12.1 Å². The molecule has 0 amide bonds. The maximum absolute atomic E-state index is 13.7. The Morgan fingerprint density at radius 1 is 1.23 bits per heavy atom. The molecule has 4 nitrogen and oxygen atoms in total. The average molecular weight is 320 g/mol. The van der Waals surface area contributed by atoms with Crippen LogP contribution in [0.1, 0.15) is 29.2 Å². The van der Waals surface area contributed by atoms with Crippen molar-refractivity contribution in [3.8, 4) is 0 Å². The summed E-state index contributed by atoms with van der Waals surface area (Å²) in [5.74, 6) is -0.155. The van der Waals surface area contributed by atoms with Gasteiger partial charge in [-0.25, -0.2) is 17.9 Å². The number of nitrogens with one attached hydrogen (secondary N) is 1. The van der Waals surface area contributed by atoms with Crippen LogP contribution in [0.4, 0.5) is 4.39 Å². The lowest BCUT2D eigenvalue weighted by molar-refractivity contribution is 0.529. The van der Waals surface area contributed by atoms with Gasteiger partial charge in [0.2, 0.25) is 10.0 Å². The summed E-state index contributed by atoms with van der Waals surface area (Å²) in [5.41, 5.74) is 2.59. The van der Waals surface area contributed by atoms with E-state index in [2.05, 4.69) is 5.32 Å². The van der Waals surface area contributed by atoms with E-state index >= 15 is 0 Å². The number of hydrogen-bond donors (Lipinski definition) is 2. The highest BCUT2D eigenvalue weighted by molar-refractivity contribution is 7.89. The molecule has 3 N–H and O–H groups in total. The lowest BCUT2D eigenvalue weighted by atomic mass is 10.1. The Balaban J connectivity index is 1.74. The number of benzene rings is 2. The van der Waals surface area contributed by atoms with Gasteiger partial charge in [-0.2, -0.15) is 0 Å². The molecule has 2 aromatic rings. The van der Waals surface area contributed by atoms with Gasteiger partial charge in [0, 0.05) is 12.6 Å². The summed E-state index contributed by atoms with van der Waals surface area (Å²) in [5, 5.41) is 8.49. The fourth-order valence-electron chi connectivity index (χ4n) is 2.90. The molecule has 22 heavy (non-hydrogen) atoms. The zero-order valence-corrected chi connectivity index (χ0v) is 12.7. The highest BCUT2D eigenvalue weighted by Gasteiger charge is 2.24. The Labute approximate surface area is 129 Å². The van der Waals surface area contributed by atoms with E-state index in [1.54, 1.807) is 18.2 Å². The SMILES string of the molecule is NS(=O)(=O)c1cccc(CNC2CCc3c(F)cccc32)c1. The van der Waals surface area contributed by atoms with E-state index < -0.39 is 10.0 Å². The number of nitrogens with two attached hydrogens (primary N) is 1. The first-order valence-electron chi connectivity index (χ1n) is 7.07. The molecular formula is C16H17FN2O2S. The van der Waals surface area contributed by atoms with E-state index in [0.29, 0.717) is 6.54 Å². The molecule has 1 aliphatic carbocycles. The third-order valence-electron chi connectivity index (χ3n) is 3.99. The number of rotatable bonds is 4. The standard InChI is InChI=1S/C16H17FN2O2S/c17-15-6-2-5-14-13(15)7-8-16(14)19-10-11-3-1-4-12(9-11)22(18,20)21/h1-6,9,16,19H,7-8,10H2,(H2,18,20,21). The first kappa shape index (κ1) is 15.1. The van der Waals surface area contributed by atoms with Crippen molar-refractivity contribution in [3.05, 3.63) is 65.0 Å². The summed E-state index contributed by atoms with van der Waals surface area (Å²) in [4.78, 5) is 0.102. The summed E-state index contributed by atoms with van der Waals surface area (Å²) in [6, 6.07) is 11.8. The molecule has 0 aliphatic heterocycles. The van der Waals surface area contributed by atoms with Gasteiger partial charge in [-0.1, -0.05) is 24.3 Å². The maximum atomic E-state index is 13.7. The third-order valence-corrected chi connectivity index (χ3v) is 4.90. The highest BCUT2D eigenvalue weighted by Crippen LogP contribution is 2.32. The van der Waals surface area contributed by atoms with Crippen LogP contribution in [0.15, 0.2) is 47.4 Å². The van der Waals surface area contributed by atoms with E-state index in [-0.39, 0.29) is 16.8 Å². The van der Waals surface area contributed by atoms with Crippen LogP contribution in [0.2, 0.25) is 0 Å². The second-order valence-corrected chi connectivity index (χ2v) is 7.03. The Morgan fingerprint density at radius 3 is 2.77 bits per heavy atom. The lowest BCUT2D eigenvalue weighted by Gasteiger charge is -2.14. The molecule has 0 saturated heterocycles. The van der Waals surface area contributed by atoms with Crippen LogP contribution in [0.25, 0.3) is 0 Å². The predicted molar refractivity (Wildman–Crippen MR) is 82.1 cm³/mol. The van der Waals surface area contributed by atoms with Crippen LogP contribution in [0.3, 0.4) is 0 Å². The summed E-state index contributed by atoms with van der Waals surface area (Å²) in [7, 11) is -3.69. The van der Waals surface area contributed by atoms with Crippen molar-refractivity contribution in [2.24, 2.45) is 5.14 Å². The van der Waals surface area contributed by atoms with Gasteiger partial charge in [0.25, 0.3) is 0 Å². The van der Waals surface area contributed by atoms with E-state index in [1.807, 2.05) is 12.1 Å². The first-order valence-corrected chi connectivity index (χ1v) is 8.62. The Hall–Kier alpha value is -1.76. The van der Waals surface area contributed by atoms with Gasteiger partial charge in [-0.05, 0) is 47.7 Å². The zero-order chi connectivity index (χ0) is 15.7. The van der Waals surface area contributed by atoms with Crippen molar-refractivity contribution in [2.75, 3.05) is 0 Å². The summed E-state index contributed by atoms with van der Waals surface area (Å²) >= 11 is 0. The largest absolute Gasteiger partial charge is 0.306 e. The van der Waals surface area contributed by atoms with Crippen molar-refractivity contribution in [3.63, 3.8) is 0 Å². The fourth-order valence-corrected chi connectivity index (χ4v) is 3.48. The molecule has 1 atom stereocenters. The lowest BCUT2D eigenvalue weighted by Crippen LogP contribution is -2.19. The Kier molecular flexibility index (Phi) is 3.99. The van der Waals surface area contributed by atoms with Gasteiger partial charge in [-0.3, -0.25) is 0 Å². The first-order chi connectivity index (χ1) is 10.4. The van der Waals surface area contributed by atoms with Crippen LogP contribution in [0, 0.1) is 5.82 Å². The normalized spacial score (nSPS) is 17.5. The number of halogens is 1. The molecule has 1 unspecified atom stereocenters. The van der Waals surface area contributed by atoms with Crippen LogP contribution in [0.5, 0.6) is 0 Å². The monoisotopic (exact) mass is 320 g/mol. The van der Waals surface area contributed by atoms with E-state index in [0.717, 1.165) is 29.5 Å². The van der Waals surface area contributed by atoms with Crippen LogP contribution < -0.4 is 10.5 Å².